The number of hydrazone groups is 1. The van der Waals surface area contributed by atoms with Gasteiger partial charge in [0.15, 0.2) is 11.5 Å². The molecule has 0 aliphatic carbocycles. The van der Waals surface area contributed by atoms with Crippen LogP contribution in [0.3, 0.4) is 0 Å². The molecule has 7 nitrogen and oxygen atoms in total. The topological polar surface area (TPSA) is 89.0 Å². The second kappa shape index (κ2) is 10.1. The Kier molecular flexibility index (Phi) is 7.56. The molecule has 0 heterocycles. The lowest BCUT2D eigenvalue weighted by atomic mass is 10.1. The number of carbonyl (C=O) groups excluding carboxylic acids is 2. The van der Waals surface area contributed by atoms with Crippen LogP contribution in [0.2, 0.25) is 0 Å². The number of aryl methyl sites for hydroxylation is 2. The largest absolute Gasteiger partial charge is 0.493 e. The van der Waals surface area contributed by atoms with Crippen molar-refractivity contribution in [1.29, 1.82) is 0 Å². The van der Waals surface area contributed by atoms with Gasteiger partial charge in [0.1, 0.15) is 0 Å². The Morgan fingerprint density at radius 1 is 0.929 bits per heavy atom. The summed E-state index contributed by atoms with van der Waals surface area (Å²) in [5.41, 5.74) is 6.13. The summed E-state index contributed by atoms with van der Waals surface area (Å²) in [6, 6.07) is 11.0. The maximum absolute atomic E-state index is 12.0. The third-order valence-corrected chi connectivity index (χ3v) is 4.18. The highest BCUT2D eigenvalue weighted by Crippen LogP contribution is 2.26. The van der Waals surface area contributed by atoms with Gasteiger partial charge in [-0.2, -0.15) is 5.10 Å². The zero-order valence-electron chi connectivity index (χ0n) is 16.5. The minimum absolute atomic E-state index is 0.0416. The second-order valence-electron chi connectivity index (χ2n) is 6.25. The number of hydrogen-bond acceptors (Lipinski definition) is 5. The Bertz CT molecular complexity index is 878. The number of amides is 2. The number of ether oxygens (including phenoxy) is 2. The van der Waals surface area contributed by atoms with Crippen molar-refractivity contribution < 1.29 is 19.1 Å². The van der Waals surface area contributed by atoms with Gasteiger partial charge >= 0.3 is 0 Å². The Balaban J connectivity index is 1.79. The molecule has 28 heavy (non-hydrogen) atoms. The first kappa shape index (κ1) is 21.0. The van der Waals surface area contributed by atoms with Gasteiger partial charge in [-0.05, 0) is 60.9 Å². The van der Waals surface area contributed by atoms with E-state index >= 15 is 0 Å². The minimum atomic E-state index is -0.341. The van der Waals surface area contributed by atoms with Crippen LogP contribution in [0.1, 0.15) is 29.5 Å². The number of hydrogen-bond donors (Lipinski definition) is 2. The summed E-state index contributed by atoms with van der Waals surface area (Å²) in [6.45, 7) is 3.99. The number of methoxy groups -OCH3 is 2. The third-order valence-electron chi connectivity index (χ3n) is 4.18. The van der Waals surface area contributed by atoms with Gasteiger partial charge in [0.25, 0.3) is 0 Å². The maximum atomic E-state index is 12.0. The smallest absolute Gasteiger partial charge is 0.240 e. The summed E-state index contributed by atoms with van der Waals surface area (Å²) in [4.78, 5) is 23.8. The summed E-state index contributed by atoms with van der Waals surface area (Å²) in [7, 11) is 3.10. The fraction of sp³-hybridized carbons (Fsp3) is 0.286. The molecule has 0 bridgehead atoms. The Morgan fingerprint density at radius 2 is 1.64 bits per heavy atom. The highest BCUT2D eigenvalue weighted by atomic mass is 16.5. The normalized spacial score (nSPS) is 10.6. The number of anilines is 1. The summed E-state index contributed by atoms with van der Waals surface area (Å²) < 4.78 is 10.4. The number of carbonyl (C=O) groups is 2. The average Bonchev–Trinajstić information content (AvgIpc) is 2.69. The lowest BCUT2D eigenvalue weighted by Crippen LogP contribution is -2.20. The Hall–Kier alpha value is -3.35. The van der Waals surface area contributed by atoms with Crippen LogP contribution in [0.4, 0.5) is 5.69 Å². The van der Waals surface area contributed by atoms with E-state index in [2.05, 4.69) is 15.8 Å². The van der Waals surface area contributed by atoms with E-state index in [1.165, 1.54) is 6.21 Å². The van der Waals surface area contributed by atoms with E-state index in [9.17, 15) is 9.59 Å². The molecule has 2 amide bonds. The molecular formula is C21H25N3O4. The molecule has 7 heteroatoms. The first-order chi connectivity index (χ1) is 13.4. The monoisotopic (exact) mass is 383 g/mol. The summed E-state index contributed by atoms with van der Waals surface area (Å²) in [6.07, 6.45) is 1.61. The summed E-state index contributed by atoms with van der Waals surface area (Å²) in [5.74, 6) is 0.619. The molecule has 0 aromatic heterocycles. The van der Waals surface area contributed by atoms with Gasteiger partial charge in [-0.15, -0.1) is 0 Å². The molecule has 0 spiro atoms. The standard InChI is InChI=1S/C21H25N3O4/c1-14-5-7-17(11-15(14)2)23-20(25)9-10-21(26)24-22-13-16-6-8-18(27-3)19(12-16)28-4/h5-8,11-13H,9-10H2,1-4H3,(H,23,25)(H,24,26). The highest BCUT2D eigenvalue weighted by molar-refractivity contribution is 5.93. The molecule has 2 rings (SSSR count). The van der Waals surface area contributed by atoms with Gasteiger partial charge in [-0.3, -0.25) is 9.59 Å². The van der Waals surface area contributed by atoms with Crippen molar-refractivity contribution in [1.82, 2.24) is 5.43 Å². The SMILES string of the molecule is COc1ccc(C=NNC(=O)CCC(=O)Nc2ccc(C)c(C)c2)cc1OC. The van der Waals surface area contributed by atoms with Crippen LogP contribution in [0.15, 0.2) is 41.5 Å². The molecule has 2 aromatic rings. The van der Waals surface area contributed by atoms with Crippen molar-refractivity contribution in [3.8, 4) is 11.5 Å². The van der Waals surface area contributed by atoms with Crippen LogP contribution in [0.25, 0.3) is 0 Å². The van der Waals surface area contributed by atoms with Gasteiger partial charge in [0, 0.05) is 18.5 Å². The number of nitrogens with one attached hydrogen (secondary N) is 2. The molecular weight excluding hydrogens is 358 g/mol. The molecule has 0 unspecified atom stereocenters. The molecule has 0 saturated carbocycles. The van der Waals surface area contributed by atoms with E-state index in [1.807, 2.05) is 32.0 Å². The highest BCUT2D eigenvalue weighted by Gasteiger charge is 2.08. The van der Waals surface area contributed by atoms with Crippen molar-refractivity contribution >= 4 is 23.7 Å². The van der Waals surface area contributed by atoms with E-state index in [0.717, 1.165) is 22.4 Å². The van der Waals surface area contributed by atoms with Gasteiger partial charge in [-0.1, -0.05) is 6.07 Å². The molecule has 0 atom stereocenters. The average molecular weight is 383 g/mol. The van der Waals surface area contributed by atoms with E-state index in [-0.39, 0.29) is 24.7 Å². The summed E-state index contributed by atoms with van der Waals surface area (Å²) in [5, 5.41) is 6.69. The van der Waals surface area contributed by atoms with Crippen LogP contribution >= 0.6 is 0 Å². The molecule has 0 aliphatic rings. The van der Waals surface area contributed by atoms with Gasteiger partial charge in [-0.25, -0.2) is 5.43 Å². The third kappa shape index (κ3) is 6.12. The van der Waals surface area contributed by atoms with Crippen LogP contribution in [-0.4, -0.2) is 32.2 Å². The predicted molar refractivity (Wildman–Crippen MR) is 109 cm³/mol. The number of nitrogens with zero attached hydrogens (tertiary/aromatic N) is 1. The molecule has 0 aliphatic heterocycles. The minimum Gasteiger partial charge on any atom is -0.493 e. The number of rotatable bonds is 8. The van der Waals surface area contributed by atoms with Gasteiger partial charge < -0.3 is 14.8 Å². The molecule has 0 radical (unpaired) electrons. The summed E-state index contributed by atoms with van der Waals surface area (Å²) >= 11 is 0. The molecule has 2 N–H and O–H groups in total. The molecule has 0 saturated heterocycles. The van der Waals surface area contributed by atoms with E-state index < -0.39 is 0 Å². The van der Waals surface area contributed by atoms with Gasteiger partial charge in [0.2, 0.25) is 11.8 Å². The van der Waals surface area contributed by atoms with Gasteiger partial charge in [0.05, 0.1) is 20.4 Å². The lowest BCUT2D eigenvalue weighted by molar-refractivity contribution is -0.124. The lowest BCUT2D eigenvalue weighted by Gasteiger charge is -2.08. The van der Waals surface area contributed by atoms with Crippen molar-refractivity contribution in [3.05, 3.63) is 53.1 Å². The molecule has 0 fully saturated rings. The van der Waals surface area contributed by atoms with Crippen molar-refractivity contribution in [2.24, 2.45) is 5.10 Å². The molecule has 2 aromatic carbocycles. The zero-order chi connectivity index (χ0) is 20.5. The Labute approximate surface area is 164 Å². The Morgan fingerprint density at radius 3 is 2.32 bits per heavy atom. The second-order valence-corrected chi connectivity index (χ2v) is 6.25. The van der Waals surface area contributed by atoms with E-state index in [4.69, 9.17) is 9.47 Å². The van der Waals surface area contributed by atoms with Crippen LogP contribution in [0.5, 0.6) is 11.5 Å². The quantitative estimate of drug-likeness (QED) is 0.541. The van der Waals surface area contributed by atoms with Crippen molar-refractivity contribution in [3.63, 3.8) is 0 Å². The molecule has 148 valence electrons. The van der Waals surface area contributed by atoms with Crippen molar-refractivity contribution in [2.75, 3.05) is 19.5 Å². The fourth-order valence-electron chi connectivity index (χ4n) is 2.44. The predicted octanol–water partition coefficient (Wildman–Crippen LogP) is 3.19. The van der Waals surface area contributed by atoms with E-state index in [1.54, 1.807) is 32.4 Å². The maximum Gasteiger partial charge on any atom is 0.240 e. The zero-order valence-corrected chi connectivity index (χ0v) is 16.5. The fourth-order valence-corrected chi connectivity index (χ4v) is 2.44. The van der Waals surface area contributed by atoms with Crippen LogP contribution in [0, 0.1) is 13.8 Å². The number of benzene rings is 2. The van der Waals surface area contributed by atoms with Crippen LogP contribution < -0.4 is 20.2 Å². The van der Waals surface area contributed by atoms with E-state index in [0.29, 0.717) is 11.5 Å². The van der Waals surface area contributed by atoms with Crippen LogP contribution in [-0.2, 0) is 9.59 Å². The first-order valence-corrected chi connectivity index (χ1v) is 8.84. The first-order valence-electron chi connectivity index (χ1n) is 8.84. The van der Waals surface area contributed by atoms with Crippen molar-refractivity contribution in [2.45, 2.75) is 26.7 Å².